The van der Waals surface area contributed by atoms with Crippen LogP contribution in [0.5, 0.6) is 0 Å². The molecular formula is C11H22O3S. The normalized spacial score (nSPS) is 14.6. The maximum Gasteiger partial charge on any atom is 0.321 e. The van der Waals surface area contributed by atoms with Gasteiger partial charge in [0.2, 0.25) is 0 Å². The van der Waals surface area contributed by atoms with Gasteiger partial charge in [-0.15, -0.1) is 0 Å². The number of methoxy groups -OCH3 is 1. The zero-order valence-electron chi connectivity index (χ0n) is 9.95. The highest BCUT2D eigenvalue weighted by molar-refractivity contribution is 7.86. The molecule has 0 aliphatic rings. The molecule has 0 aromatic heterocycles. The summed E-state index contributed by atoms with van der Waals surface area (Å²) >= 11 is 0. The van der Waals surface area contributed by atoms with Crippen molar-refractivity contribution in [1.82, 2.24) is 0 Å². The van der Waals surface area contributed by atoms with Crippen LogP contribution in [0.3, 0.4) is 0 Å². The van der Waals surface area contributed by atoms with Gasteiger partial charge < -0.3 is 4.74 Å². The third-order valence-electron chi connectivity index (χ3n) is 2.30. The lowest BCUT2D eigenvalue weighted by atomic mass is 10.2. The molecule has 0 fully saturated rings. The Bertz CT molecular complexity index is 204. The Kier molecular flexibility index (Phi) is 8.67. The highest BCUT2D eigenvalue weighted by atomic mass is 32.2. The van der Waals surface area contributed by atoms with Gasteiger partial charge in [-0.3, -0.25) is 9.00 Å². The van der Waals surface area contributed by atoms with E-state index in [0.717, 1.165) is 25.7 Å². The topological polar surface area (TPSA) is 43.4 Å². The Balaban J connectivity index is 4.20. The molecule has 0 amide bonds. The largest absolute Gasteiger partial charge is 0.468 e. The summed E-state index contributed by atoms with van der Waals surface area (Å²) in [5.41, 5.74) is 0. The molecule has 0 saturated carbocycles. The lowest BCUT2D eigenvalue weighted by Crippen LogP contribution is -2.28. The smallest absolute Gasteiger partial charge is 0.321 e. The second-order valence-electron chi connectivity index (χ2n) is 3.59. The first-order valence-corrected chi connectivity index (χ1v) is 7.00. The van der Waals surface area contributed by atoms with Crippen LogP contribution < -0.4 is 0 Å². The minimum Gasteiger partial charge on any atom is -0.468 e. The Morgan fingerprint density at radius 2 is 1.87 bits per heavy atom. The molecule has 0 heterocycles. The fourth-order valence-corrected chi connectivity index (χ4v) is 2.90. The summed E-state index contributed by atoms with van der Waals surface area (Å²) in [6, 6.07) is 0. The molecule has 0 rings (SSSR count). The van der Waals surface area contributed by atoms with Crippen LogP contribution in [-0.4, -0.2) is 28.3 Å². The highest BCUT2D eigenvalue weighted by Gasteiger charge is 2.24. The van der Waals surface area contributed by atoms with E-state index in [9.17, 15) is 9.00 Å². The number of ether oxygens (including phenoxy) is 1. The van der Waals surface area contributed by atoms with Gasteiger partial charge in [-0.1, -0.05) is 33.1 Å². The van der Waals surface area contributed by atoms with Crippen molar-refractivity contribution in [3.63, 3.8) is 0 Å². The lowest BCUT2D eigenvalue weighted by Gasteiger charge is -2.13. The quantitative estimate of drug-likeness (QED) is 0.605. The molecule has 0 aromatic carbocycles. The zero-order chi connectivity index (χ0) is 11.7. The molecule has 90 valence electrons. The first-order chi connectivity index (χ1) is 7.17. The Hall–Kier alpha value is -0.380. The van der Waals surface area contributed by atoms with Crippen LogP contribution >= 0.6 is 0 Å². The predicted octanol–water partition coefficient (Wildman–Crippen LogP) is 2.27. The Morgan fingerprint density at radius 3 is 2.33 bits per heavy atom. The summed E-state index contributed by atoms with van der Waals surface area (Å²) < 4.78 is 16.5. The number of hydrogen-bond donors (Lipinski definition) is 0. The van der Waals surface area contributed by atoms with E-state index in [4.69, 9.17) is 0 Å². The summed E-state index contributed by atoms with van der Waals surface area (Å²) in [4.78, 5) is 11.4. The molecule has 0 spiro atoms. The molecular weight excluding hydrogens is 212 g/mol. The van der Waals surface area contributed by atoms with Crippen LogP contribution in [0.1, 0.15) is 46.0 Å². The summed E-state index contributed by atoms with van der Waals surface area (Å²) in [6.45, 7) is 4.11. The SMILES string of the molecule is CCCCC(C(=O)OC)S(=O)CCCC. The van der Waals surface area contributed by atoms with E-state index >= 15 is 0 Å². The maximum atomic E-state index is 11.8. The number of carbonyl (C=O) groups is 1. The number of esters is 1. The van der Waals surface area contributed by atoms with Crippen LogP contribution in [0, 0.1) is 0 Å². The van der Waals surface area contributed by atoms with Crippen LogP contribution in [-0.2, 0) is 20.3 Å². The first-order valence-electron chi connectivity index (χ1n) is 5.62. The molecule has 4 heteroatoms. The van der Waals surface area contributed by atoms with E-state index in [1.807, 2.05) is 0 Å². The van der Waals surface area contributed by atoms with Crippen LogP contribution in [0.25, 0.3) is 0 Å². The van der Waals surface area contributed by atoms with Crippen LogP contribution in [0.15, 0.2) is 0 Å². The van der Waals surface area contributed by atoms with E-state index in [1.54, 1.807) is 0 Å². The molecule has 0 saturated heterocycles. The third kappa shape index (κ3) is 5.92. The average molecular weight is 234 g/mol. The van der Waals surface area contributed by atoms with Gasteiger partial charge in [-0.05, 0) is 12.8 Å². The number of unbranched alkanes of at least 4 members (excludes halogenated alkanes) is 2. The summed E-state index contributed by atoms with van der Waals surface area (Å²) in [5.74, 6) is 0.290. The zero-order valence-corrected chi connectivity index (χ0v) is 10.8. The Labute approximate surface area is 95.0 Å². The van der Waals surface area contributed by atoms with Gasteiger partial charge in [0.05, 0.1) is 7.11 Å². The number of rotatable bonds is 8. The van der Waals surface area contributed by atoms with Gasteiger partial charge in [0, 0.05) is 16.6 Å². The van der Waals surface area contributed by atoms with Crippen LogP contribution in [0.2, 0.25) is 0 Å². The molecule has 0 aromatic rings. The van der Waals surface area contributed by atoms with E-state index in [-0.39, 0.29) is 5.97 Å². The van der Waals surface area contributed by atoms with E-state index in [1.165, 1.54) is 7.11 Å². The molecule has 0 radical (unpaired) electrons. The second kappa shape index (κ2) is 8.89. The highest BCUT2D eigenvalue weighted by Crippen LogP contribution is 2.11. The number of hydrogen-bond acceptors (Lipinski definition) is 3. The van der Waals surface area contributed by atoms with Gasteiger partial charge in [-0.25, -0.2) is 0 Å². The van der Waals surface area contributed by atoms with Crippen molar-refractivity contribution < 1.29 is 13.7 Å². The number of carbonyl (C=O) groups excluding carboxylic acids is 1. The molecule has 2 atom stereocenters. The molecule has 0 aliphatic carbocycles. The van der Waals surface area contributed by atoms with Crippen molar-refractivity contribution >= 4 is 16.8 Å². The van der Waals surface area contributed by atoms with E-state index in [2.05, 4.69) is 18.6 Å². The minimum atomic E-state index is -1.06. The average Bonchev–Trinajstić information content (AvgIpc) is 2.26. The molecule has 2 unspecified atom stereocenters. The fraction of sp³-hybridized carbons (Fsp3) is 0.909. The second-order valence-corrected chi connectivity index (χ2v) is 5.33. The summed E-state index contributed by atoms with van der Waals surface area (Å²) in [7, 11) is 0.296. The Morgan fingerprint density at radius 1 is 1.27 bits per heavy atom. The van der Waals surface area contributed by atoms with E-state index < -0.39 is 16.0 Å². The molecule has 3 nitrogen and oxygen atoms in total. The van der Waals surface area contributed by atoms with Crippen molar-refractivity contribution in [2.75, 3.05) is 12.9 Å². The van der Waals surface area contributed by atoms with Gasteiger partial charge >= 0.3 is 5.97 Å². The molecule has 15 heavy (non-hydrogen) atoms. The molecule has 0 N–H and O–H groups in total. The predicted molar refractivity (Wildman–Crippen MR) is 63.2 cm³/mol. The van der Waals surface area contributed by atoms with Crippen molar-refractivity contribution in [1.29, 1.82) is 0 Å². The summed E-state index contributed by atoms with van der Waals surface area (Å²) in [6.07, 6.45) is 4.54. The maximum absolute atomic E-state index is 11.8. The minimum absolute atomic E-state index is 0.321. The fourth-order valence-electron chi connectivity index (χ4n) is 1.31. The van der Waals surface area contributed by atoms with Crippen molar-refractivity contribution in [2.45, 2.75) is 51.2 Å². The third-order valence-corrected chi connectivity index (χ3v) is 4.05. The first kappa shape index (κ1) is 14.6. The van der Waals surface area contributed by atoms with Gasteiger partial charge in [0.15, 0.2) is 0 Å². The van der Waals surface area contributed by atoms with Gasteiger partial charge in [-0.2, -0.15) is 0 Å². The molecule has 0 bridgehead atoms. The standard InChI is InChI=1S/C11H22O3S/c1-4-6-8-10(11(12)14-3)15(13)9-7-5-2/h10H,4-9H2,1-3H3. The van der Waals surface area contributed by atoms with Gasteiger partial charge in [0.25, 0.3) is 0 Å². The van der Waals surface area contributed by atoms with E-state index in [0.29, 0.717) is 12.2 Å². The van der Waals surface area contributed by atoms with Crippen molar-refractivity contribution in [3.05, 3.63) is 0 Å². The monoisotopic (exact) mass is 234 g/mol. The lowest BCUT2D eigenvalue weighted by molar-refractivity contribution is -0.140. The van der Waals surface area contributed by atoms with Crippen molar-refractivity contribution in [3.8, 4) is 0 Å². The summed E-state index contributed by atoms with van der Waals surface area (Å²) in [5, 5.41) is -0.415. The van der Waals surface area contributed by atoms with Gasteiger partial charge in [0.1, 0.15) is 5.25 Å². The van der Waals surface area contributed by atoms with Crippen molar-refractivity contribution in [2.24, 2.45) is 0 Å². The molecule has 0 aliphatic heterocycles. The van der Waals surface area contributed by atoms with Crippen LogP contribution in [0.4, 0.5) is 0 Å².